The van der Waals surface area contributed by atoms with Crippen molar-refractivity contribution in [2.45, 2.75) is 51.9 Å². The lowest BCUT2D eigenvalue weighted by atomic mass is 9.94. The maximum Gasteiger partial charge on any atom is 0.0860 e. The van der Waals surface area contributed by atoms with Crippen LogP contribution in [0.4, 0.5) is 0 Å². The van der Waals surface area contributed by atoms with E-state index in [4.69, 9.17) is 4.74 Å². The van der Waals surface area contributed by atoms with Crippen LogP contribution in [0.2, 0.25) is 0 Å². The van der Waals surface area contributed by atoms with Crippen molar-refractivity contribution in [3.63, 3.8) is 0 Å². The van der Waals surface area contributed by atoms with Gasteiger partial charge >= 0.3 is 0 Å². The zero-order valence-corrected chi connectivity index (χ0v) is 7.58. The normalized spacial score (nSPS) is 39.5. The zero-order valence-electron chi connectivity index (χ0n) is 7.58. The van der Waals surface area contributed by atoms with Gasteiger partial charge in [0.05, 0.1) is 18.3 Å². The minimum Gasteiger partial charge on any atom is -0.390 e. The van der Waals surface area contributed by atoms with Crippen molar-refractivity contribution in [2.75, 3.05) is 0 Å². The predicted molar refractivity (Wildman–Crippen MR) is 44.4 cm³/mol. The first-order valence-electron chi connectivity index (χ1n) is 4.44. The molecule has 0 aromatic carbocycles. The molecule has 0 aromatic heterocycles. The third-order valence-electron chi connectivity index (χ3n) is 2.29. The highest BCUT2D eigenvalue weighted by Crippen LogP contribution is 2.24. The summed E-state index contributed by atoms with van der Waals surface area (Å²) < 4.78 is 5.61. The Hall–Kier alpha value is -0.0800. The summed E-state index contributed by atoms with van der Waals surface area (Å²) in [4.78, 5) is 0. The van der Waals surface area contributed by atoms with Gasteiger partial charge in [0.2, 0.25) is 0 Å². The summed E-state index contributed by atoms with van der Waals surface area (Å²) in [6, 6.07) is 0. The topological polar surface area (TPSA) is 29.5 Å². The standard InChI is InChI=1S/C9H18O2/c1-6(2)9-8(10)5-4-7(3)11-9/h6-10H,4-5H2,1-3H3/t7-,8-,9+/m1/s1. The van der Waals surface area contributed by atoms with Gasteiger partial charge in [0, 0.05) is 0 Å². The van der Waals surface area contributed by atoms with E-state index in [0.717, 1.165) is 12.8 Å². The summed E-state index contributed by atoms with van der Waals surface area (Å²) in [5, 5.41) is 9.53. The van der Waals surface area contributed by atoms with Crippen LogP contribution in [-0.4, -0.2) is 23.4 Å². The molecule has 2 nitrogen and oxygen atoms in total. The Morgan fingerprint density at radius 3 is 2.45 bits per heavy atom. The molecule has 0 amide bonds. The van der Waals surface area contributed by atoms with Gasteiger partial charge in [0.1, 0.15) is 0 Å². The third-order valence-corrected chi connectivity index (χ3v) is 2.29. The van der Waals surface area contributed by atoms with Crippen molar-refractivity contribution >= 4 is 0 Å². The van der Waals surface area contributed by atoms with E-state index < -0.39 is 0 Å². The second-order valence-electron chi connectivity index (χ2n) is 3.80. The van der Waals surface area contributed by atoms with Crippen molar-refractivity contribution < 1.29 is 9.84 Å². The lowest BCUT2D eigenvalue weighted by molar-refractivity contribution is -0.129. The fraction of sp³-hybridized carbons (Fsp3) is 1.00. The molecule has 0 aromatic rings. The van der Waals surface area contributed by atoms with Crippen LogP contribution in [0.1, 0.15) is 33.6 Å². The smallest absolute Gasteiger partial charge is 0.0860 e. The Morgan fingerprint density at radius 2 is 2.00 bits per heavy atom. The Morgan fingerprint density at radius 1 is 1.36 bits per heavy atom. The van der Waals surface area contributed by atoms with Crippen LogP contribution in [-0.2, 0) is 4.74 Å². The maximum atomic E-state index is 9.53. The number of hydrogen-bond donors (Lipinski definition) is 1. The lowest BCUT2D eigenvalue weighted by Crippen LogP contribution is -2.40. The van der Waals surface area contributed by atoms with Crippen molar-refractivity contribution in [2.24, 2.45) is 5.92 Å². The highest BCUT2D eigenvalue weighted by molar-refractivity contribution is 4.78. The van der Waals surface area contributed by atoms with E-state index in [1.54, 1.807) is 0 Å². The zero-order chi connectivity index (χ0) is 8.43. The highest BCUT2D eigenvalue weighted by Gasteiger charge is 2.29. The molecule has 1 rings (SSSR count). The average Bonchev–Trinajstić information content (AvgIpc) is 1.94. The number of rotatable bonds is 1. The monoisotopic (exact) mass is 158 g/mol. The summed E-state index contributed by atoms with van der Waals surface area (Å²) >= 11 is 0. The predicted octanol–water partition coefficient (Wildman–Crippen LogP) is 1.57. The minimum absolute atomic E-state index is 0.0544. The quantitative estimate of drug-likeness (QED) is 0.627. The van der Waals surface area contributed by atoms with Crippen LogP contribution < -0.4 is 0 Å². The van der Waals surface area contributed by atoms with Crippen LogP contribution in [0, 0.1) is 5.92 Å². The van der Waals surface area contributed by atoms with Gasteiger partial charge in [-0.15, -0.1) is 0 Å². The molecular formula is C9H18O2. The van der Waals surface area contributed by atoms with E-state index >= 15 is 0 Å². The van der Waals surface area contributed by atoms with Gasteiger partial charge in [-0.05, 0) is 25.7 Å². The van der Waals surface area contributed by atoms with Crippen LogP contribution in [0.5, 0.6) is 0 Å². The third kappa shape index (κ3) is 2.17. The molecule has 1 aliphatic rings. The summed E-state index contributed by atoms with van der Waals surface area (Å²) in [5.41, 5.74) is 0. The molecule has 66 valence electrons. The van der Waals surface area contributed by atoms with E-state index in [2.05, 4.69) is 20.8 Å². The molecule has 2 heteroatoms. The molecule has 0 bridgehead atoms. The van der Waals surface area contributed by atoms with Gasteiger partial charge in [-0.1, -0.05) is 13.8 Å². The molecule has 0 aliphatic carbocycles. The van der Waals surface area contributed by atoms with Crippen LogP contribution in [0.25, 0.3) is 0 Å². The fourth-order valence-electron chi connectivity index (χ4n) is 1.60. The average molecular weight is 158 g/mol. The van der Waals surface area contributed by atoms with E-state index in [9.17, 15) is 5.11 Å². The summed E-state index contributed by atoms with van der Waals surface area (Å²) in [6.07, 6.45) is 2.02. The molecule has 3 atom stereocenters. The molecule has 1 heterocycles. The first-order chi connectivity index (χ1) is 5.11. The molecule has 0 spiro atoms. The van der Waals surface area contributed by atoms with Gasteiger partial charge in [-0.25, -0.2) is 0 Å². The second kappa shape index (κ2) is 3.55. The van der Waals surface area contributed by atoms with Crippen LogP contribution >= 0.6 is 0 Å². The molecule has 1 aliphatic heterocycles. The number of hydrogen-bond acceptors (Lipinski definition) is 2. The first kappa shape index (κ1) is 9.01. The molecule has 0 unspecified atom stereocenters. The minimum atomic E-state index is -0.244. The van der Waals surface area contributed by atoms with Gasteiger partial charge in [0.25, 0.3) is 0 Å². The van der Waals surface area contributed by atoms with Gasteiger partial charge in [0.15, 0.2) is 0 Å². The highest BCUT2D eigenvalue weighted by atomic mass is 16.5. The first-order valence-corrected chi connectivity index (χ1v) is 4.44. The SMILES string of the molecule is CC(C)[C@@H]1O[C@H](C)CC[C@H]1O. The number of aliphatic hydroxyl groups is 1. The Bertz CT molecular complexity index is 123. The van der Waals surface area contributed by atoms with E-state index in [0.29, 0.717) is 12.0 Å². The summed E-state index contributed by atoms with van der Waals surface area (Å²) in [5.74, 6) is 0.424. The van der Waals surface area contributed by atoms with E-state index in [1.807, 2.05) is 0 Å². The van der Waals surface area contributed by atoms with E-state index in [1.165, 1.54) is 0 Å². The number of aliphatic hydroxyl groups excluding tert-OH is 1. The molecule has 0 radical (unpaired) electrons. The second-order valence-corrected chi connectivity index (χ2v) is 3.80. The molecule has 1 saturated heterocycles. The van der Waals surface area contributed by atoms with Crippen molar-refractivity contribution in [1.82, 2.24) is 0 Å². The van der Waals surface area contributed by atoms with Crippen LogP contribution in [0.3, 0.4) is 0 Å². The molecular weight excluding hydrogens is 140 g/mol. The largest absolute Gasteiger partial charge is 0.390 e. The van der Waals surface area contributed by atoms with Crippen molar-refractivity contribution in [1.29, 1.82) is 0 Å². The summed E-state index contributed by atoms with van der Waals surface area (Å²) in [6.45, 7) is 6.25. The Kier molecular flexibility index (Phi) is 2.90. The molecule has 0 saturated carbocycles. The lowest BCUT2D eigenvalue weighted by Gasteiger charge is -2.34. The van der Waals surface area contributed by atoms with Gasteiger partial charge < -0.3 is 9.84 Å². The van der Waals surface area contributed by atoms with E-state index in [-0.39, 0.29) is 12.2 Å². The van der Waals surface area contributed by atoms with Crippen molar-refractivity contribution in [3.8, 4) is 0 Å². The molecule has 1 fully saturated rings. The maximum absolute atomic E-state index is 9.53. The van der Waals surface area contributed by atoms with Gasteiger partial charge in [-0.2, -0.15) is 0 Å². The number of ether oxygens (including phenoxy) is 1. The van der Waals surface area contributed by atoms with Crippen LogP contribution in [0.15, 0.2) is 0 Å². The Labute approximate surface area is 68.6 Å². The van der Waals surface area contributed by atoms with Gasteiger partial charge in [-0.3, -0.25) is 0 Å². The fourth-order valence-corrected chi connectivity index (χ4v) is 1.60. The van der Waals surface area contributed by atoms with Crippen molar-refractivity contribution in [3.05, 3.63) is 0 Å². The molecule has 11 heavy (non-hydrogen) atoms. The summed E-state index contributed by atoms with van der Waals surface area (Å²) in [7, 11) is 0. The molecule has 1 N–H and O–H groups in total. The Balaban J connectivity index is 2.47.